The number of amides is 4. The molecule has 1 spiro atoms. The monoisotopic (exact) mass is 429 g/mol. The first-order valence-corrected chi connectivity index (χ1v) is 12.4. The van der Waals surface area contributed by atoms with Gasteiger partial charge in [-0.1, -0.05) is 20.8 Å². The molecule has 2 N–H and O–H groups in total. The number of hydrogen-bond acceptors (Lipinski definition) is 3. The van der Waals surface area contributed by atoms with Crippen molar-refractivity contribution in [2.45, 2.75) is 97.1 Å². The first-order valence-electron chi connectivity index (χ1n) is 12.4. The maximum Gasteiger partial charge on any atom is 0.325 e. The molecule has 1 aliphatic heterocycles. The minimum atomic E-state index is -0.843. The number of carbonyl (C=O) groups excluding carboxylic acids is 3. The van der Waals surface area contributed by atoms with Crippen LogP contribution in [0.2, 0.25) is 0 Å². The second-order valence-corrected chi connectivity index (χ2v) is 12.8. The van der Waals surface area contributed by atoms with Gasteiger partial charge in [0.15, 0.2) is 0 Å². The van der Waals surface area contributed by atoms with E-state index in [4.69, 9.17) is 0 Å². The number of hydrogen-bond donors (Lipinski definition) is 2. The van der Waals surface area contributed by atoms with Gasteiger partial charge in [0.1, 0.15) is 12.1 Å². The lowest BCUT2D eigenvalue weighted by Crippen LogP contribution is -2.57. The summed E-state index contributed by atoms with van der Waals surface area (Å²) in [5.74, 6) is 2.42. The van der Waals surface area contributed by atoms with Crippen LogP contribution >= 0.6 is 0 Å². The fraction of sp³-hybridized carbons (Fsp3) is 0.880. The summed E-state index contributed by atoms with van der Waals surface area (Å²) in [7, 11) is 0. The van der Waals surface area contributed by atoms with E-state index in [1.165, 1.54) is 38.5 Å². The Kier molecular flexibility index (Phi) is 4.77. The van der Waals surface area contributed by atoms with E-state index < -0.39 is 11.6 Å². The third-order valence-electron chi connectivity index (χ3n) is 9.31. The summed E-state index contributed by atoms with van der Waals surface area (Å²) in [5.41, 5.74) is -0.637. The van der Waals surface area contributed by atoms with Crippen molar-refractivity contribution in [3.8, 4) is 0 Å². The molecule has 5 aliphatic carbocycles. The minimum absolute atomic E-state index is 0.00804. The largest absolute Gasteiger partial charge is 0.352 e. The molecule has 4 amide bonds. The maximum absolute atomic E-state index is 13.3. The maximum atomic E-state index is 13.3. The SMILES string of the molecule is CC1CC(C)(C)CC2(C1)NC(=O)N(CC(=O)NC(C)C13CC4CC(CC(C4)C1)C3)C2=O. The first kappa shape index (κ1) is 21.3. The smallest absolute Gasteiger partial charge is 0.325 e. The molecule has 6 heteroatoms. The van der Waals surface area contributed by atoms with E-state index in [0.717, 1.165) is 29.1 Å². The van der Waals surface area contributed by atoms with Crippen molar-refractivity contribution in [3.63, 3.8) is 0 Å². The summed E-state index contributed by atoms with van der Waals surface area (Å²) in [4.78, 5) is 40.2. The van der Waals surface area contributed by atoms with Gasteiger partial charge >= 0.3 is 6.03 Å². The molecule has 4 bridgehead atoms. The summed E-state index contributed by atoms with van der Waals surface area (Å²) in [6, 6.07) is -0.315. The average Bonchev–Trinajstić information content (AvgIpc) is 2.82. The Bertz CT molecular complexity index is 771. The van der Waals surface area contributed by atoms with Crippen LogP contribution in [0.1, 0.15) is 85.5 Å². The first-order chi connectivity index (χ1) is 14.5. The number of urea groups is 1. The van der Waals surface area contributed by atoms with E-state index in [9.17, 15) is 14.4 Å². The van der Waals surface area contributed by atoms with Crippen LogP contribution < -0.4 is 10.6 Å². The number of nitrogens with zero attached hydrogens (tertiary/aromatic N) is 1. The lowest BCUT2D eigenvalue weighted by Gasteiger charge is -2.59. The molecule has 6 fully saturated rings. The van der Waals surface area contributed by atoms with E-state index in [1.807, 2.05) is 0 Å². The topological polar surface area (TPSA) is 78.5 Å². The fourth-order valence-corrected chi connectivity index (χ4v) is 8.94. The highest BCUT2D eigenvalue weighted by Crippen LogP contribution is 2.61. The number of carbonyl (C=O) groups is 3. The predicted molar refractivity (Wildman–Crippen MR) is 118 cm³/mol. The molecular formula is C25H39N3O3. The van der Waals surface area contributed by atoms with E-state index in [-0.39, 0.29) is 35.2 Å². The summed E-state index contributed by atoms with van der Waals surface area (Å²) < 4.78 is 0. The van der Waals surface area contributed by atoms with Gasteiger partial charge in [0.25, 0.3) is 5.91 Å². The quantitative estimate of drug-likeness (QED) is 0.667. The van der Waals surface area contributed by atoms with Gasteiger partial charge in [-0.15, -0.1) is 0 Å². The normalized spacial score (nSPS) is 43.9. The molecule has 1 saturated heterocycles. The van der Waals surface area contributed by atoms with Gasteiger partial charge in [0.2, 0.25) is 5.91 Å². The number of rotatable bonds is 4. The zero-order valence-corrected chi connectivity index (χ0v) is 19.6. The zero-order chi connectivity index (χ0) is 22.2. The molecule has 172 valence electrons. The van der Waals surface area contributed by atoms with Crippen molar-refractivity contribution in [1.29, 1.82) is 0 Å². The number of imide groups is 1. The standard InChI is InChI=1S/C25H39N3O3/c1-15-8-23(3,4)14-25(9-15)21(30)28(22(31)27-25)13-20(29)26-16(2)24-10-17-5-18(11-24)7-19(6-17)12-24/h15-19H,5-14H2,1-4H3,(H,26,29)(H,27,31). The van der Waals surface area contributed by atoms with Crippen LogP contribution in [0.25, 0.3) is 0 Å². The van der Waals surface area contributed by atoms with Gasteiger partial charge in [-0.05, 0) is 99.2 Å². The van der Waals surface area contributed by atoms with Crippen molar-refractivity contribution in [2.75, 3.05) is 6.54 Å². The van der Waals surface area contributed by atoms with Crippen molar-refractivity contribution in [2.24, 2.45) is 34.5 Å². The molecule has 0 aromatic heterocycles. The Hall–Kier alpha value is -1.59. The van der Waals surface area contributed by atoms with E-state index in [0.29, 0.717) is 18.8 Å². The molecule has 3 unspecified atom stereocenters. The van der Waals surface area contributed by atoms with Gasteiger partial charge in [0, 0.05) is 6.04 Å². The van der Waals surface area contributed by atoms with Crippen molar-refractivity contribution in [1.82, 2.24) is 15.5 Å². The van der Waals surface area contributed by atoms with Crippen molar-refractivity contribution >= 4 is 17.8 Å². The second kappa shape index (κ2) is 6.95. The van der Waals surface area contributed by atoms with Crippen LogP contribution in [0.3, 0.4) is 0 Å². The van der Waals surface area contributed by atoms with Crippen LogP contribution in [0.15, 0.2) is 0 Å². The van der Waals surface area contributed by atoms with Crippen LogP contribution in [0.4, 0.5) is 4.79 Å². The van der Waals surface area contributed by atoms with Gasteiger partial charge < -0.3 is 10.6 Å². The molecular weight excluding hydrogens is 390 g/mol. The van der Waals surface area contributed by atoms with E-state index in [2.05, 4.69) is 38.3 Å². The second-order valence-electron chi connectivity index (χ2n) is 12.8. The highest BCUT2D eigenvalue weighted by molar-refractivity contribution is 6.09. The molecule has 0 aromatic carbocycles. The summed E-state index contributed by atoms with van der Waals surface area (Å²) in [5, 5.41) is 6.19. The zero-order valence-electron chi connectivity index (χ0n) is 19.6. The Morgan fingerprint density at radius 1 is 1.06 bits per heavy atom. The van der Waals surface area contributed by atoms with Crippen LogP contribution in [-0.4, -0.2) is 40.9 Å². The van der Waals surface area contributed by atoms with E-state index >= 15 is 0 Å². The Balaban J connectivity index is 1.25. The van der Waals surface area contributed by atoms with Gasteiger partial charge in [0.05, 0.1) is 0 Å². The molecule has 31 heavy (non-hydrogen) atoms. The molecule has 0 aromatic rings. The molecule has 5 saturated carbocycles. The lowest BCUT2D eigenvalue weighted by molar-refractivity contribution is -0.138. The molecule has 1 heterocycles. The minimum Gasteiger partial charge on any atom is -0.352 e. The Labute approximate surface area is 186 Å². The molecule has 0 radical (unpaired) electrons. The molecule has 6 rings (SSSR count). The molecule has 3 atom stereocenters. The summed E-state index contributed by atoms with van der Waals surface area (Å²) in [6.45, 7) is 8.44. The van der Waals surface area contributed by atoms with Crippen LogP contribution in [0.5, 0.6) is 0 Å². The Morgan fingerprint density at radius 2 is 1.65 bits per heavy atom. The van der Waals surface area contributed by atoms with Crippen LogP contribution in [0, 0.1) is 34.5 Å². The summed E-state index contributed by atoms with van der Waals surface area (Å²) in [6.07, 6.45) is 10.1. The Morgan fingerprint density at radius 3 is 2.19 bits per heavy atom. The van der Waals surface area contributed by atoms with Gasteiger partial charge in [-0.25, -0.2) is 4.79 Å². The van der Waals surface area contributed by atoms with E-state index in [1.54, 1.807) is 0 Å². The van der Waals surface area contributed by atoms with Gasteiger partial charge in [-0.3, -0.25) is 14.5 Å². The number of nitrogens with one attached hydrogen (secondary N) is 2. The van der Waals surface area contributed by atoms with Gasteiger partial charge in [-0.2, -0.15) is 0 Å². The fourth-order valence-electron chi connectivity index (χ4n) is 8.94. The van der Waals surface area contributed by atoms with Crippen molar-refractivity contribution < 1.29 is 14.4 Å². The van der Waals surface area contributed by atoms with Crippen LogP contribution in [-0.2, 0) is 9.59 Å². The predicted octanol–water partition coefficient (Wildman–Crippen LogP) is 3.84. The molecule has 6 aliphatic rings. The summed E-state index contributed by atoms with van der Waals surface area (Å²) >= 11 is 0. The lowest BCUT2D eigenvalue weighted by atomic mass is 9.48. The third kappa shape index (κ3) is 3.58. The highest BCUT2D eigenvalue weighted by atomic mass is 16.2. The van der Waals surface area contributed by atoms with Crippen molar-refractivity contribution in [3.05, 3.63) is 0 Å². The third-order valence-corrected chi connectivity index (χ3v) is 9.31. The average molecular weight is 430 g/mol. The highest BCUT2D eigenvalue weighted by Gasteiger charge is 2.57. The molecule has 6 nitrogen and oxygen atoms in total.